The Morgan fingerprint density at radius 1 is 1.15 bits per heavy atom. The molecule has 1 N–H and O–H groups in total. The van der Waals surface area contributed by atoms with Crippen molar-refractivity contribution >= 4 is 17.5 Å². The lowest BCUT2D eigenvalue weighted by Crippen LogP contribution is -2.38. The van der Waals surface area contributed by atoms with Crippen LogP contribution in [0.5, 0.6) is 5.75 Å². The van der Waals surface area contributed by atoms with Crippen molar-refractivity contribution in [1.82, 2.24) is 9.88 Å². The van der Waals surface area contributed by atoms with Crippen LogP contribution in [0.25, 0.3) is 0 Å². The molecule has 1 saturated heterocycles. The molecule has 2 heterocycles. The summed E-state index contributed by atoms with van der Waals surface area (Å²) in [7, 11) is 1.59. The van der Waals surface area contributed by atoms with Crippen molar-refractivity contribution in [3.8, 4) is 5.75 Å². The predicted octanol–water partition coefficient (Wildman–Crippen LogP) is 3.21. The summed E-state index contributed by atoms with van der Waals surface area (Å²) >= 11 is 0. The van der Waals surface area contributed by atoms with Crippen LogP contribution in [0, 0.1) is 5.92 Å². The fraction of sp³-hybridized carbons (Fsp3) is 0.350. The van der Waals surface area contributed by atoms with Crippen LogP contribution in [0.2, 0.25) is 0 Å². The number of methoxy groups -OCH3 is 1. The van der Waals surface area contributed by atoms with Crippen molar-refractivity contribution in [2.75, 3.05) is 25.5 Å². The molecule has 1 aliphatic rings. The third kappa shape index (κ3) is 4.20. The SMILES string of the molecule is COc1ccc(NC(=O)c2ccnc(C(=O)N3CCC(C)CC3)c2)cc1. The lowest BCUT2D eigenvalue weighted by Gasteiger charge is -2.30. The van der Waals surface area contributed by atoms with Gasteiger partial charge < -0.3 is 15.0 Å². The molecule has 0 unspecified atom stereocenters. The van der Waals surface area contributed by atoms with E-state index in [-0.39, 0.29) is 11.8 Å². The van der Waals surface area contributed by atoms with Gasteiger partial charge >= 0.3 is 0 Å². The van der Waals surface area contributed by atoms with E-state index in [1.54, 1.807) is 43.5 Å². The smallest absolute Gasteiger partial charge is 0.272 e. The molecule has 1 aromatic heterocycles. The number of hydrogen-bond donors (Lipinski definition) is 1. The molecule has 1 aromatic carbocycles. The average molecular weight is 353 g/mol. The van der Waals surface area contributed by atoms with E-state index in [1.807, 2.05) is 4.90 Å². The molecule has 0 atom stereocenters. The number of ether oxygens (including phenoxy) is 1. The first-order valence-electron chi connectivity index (χ1n) is 8.77. The van der Waals surface area contributed by atoms with Crippen LogP contribution in [0.4, 0.5) is 5.69 Å². The van der Waals surface area contributed by atoms with Gasteiger partial charge in [0.15, 0.2) is 0 Å². The maximum absolute atomic E-state index is 12.6. The molecule has 0 radical (unpaired) electrons. The number of nitrogens with one attached hydrogen (secondary N) is 1. The van der Waals surface area contributed by atoms with E-state index < -0.39 is 0 Å². The molecule has 2 amide bonds. The Morgan fingerprint density at radius 3 is 2.50 bits per heavy atom. The highest BCUT2D eigenvalue weighted by molar-refractivity contribution is 6.05. The normalized spacial score (nSPS) is 14.8. The monoisotopic (exact) mass is 353 g/mol. The summed E-state index contributed by atoms with van der Waals surface area (Å²) in [6.45, 7) is 3.68. The molecule has 6 nitrogen and oxygen atoms in total. The minimum atomic E-state index is -0.279. The lowest BCUT2D eigenvalue weighted by atomic mass is 9.99. The summed E-state index contributed by atoms with van der Waals surface area (Å²) in [5, 5.41) is 2.81. The molecule has 1 fully saturated rings. The minimum Gasteiger partial charge on any atom is -0.497 e. The molecule has 0 aliphatic carbocycles. The second-order valence-corrected chi connectivity index (χ2v) is 6.59. The van der Waals surface area contributed by atoms with Crippen molar-refractivity contribution in [3.05, 3.63) is 53.9 Å². The maximum atomic E-state index is 12.6. The lowest BCUT2D eigenvalue weighted by molar-refractivity contribution is 0.0691. The largest absolute Gasteiger partial charge is 0.497 e. The van der Waals surface area contributed by atoms with Crippen LogP contribution in [0.15, 0.2) is 42.6 Å². The quantitative estimate of drug-likeness (QED) is 0.916. The maximum Gasteiger partial charge on any atom is 0.272 e. The predicted molar refractivity (Wildman–Crippen MR) is 99.5 cm³/mol. The third-order valence-corrected chi connectivity index (χ3v) is 4.66. The van der Waals surface area contributed by atoms with Crippen LogP contribution in [-0.2, 0) is 0 Å². The summed E-state index contributed by atoms with van der Waals surface area (Å²) in [5.74, 6) is 0.971. The van der Waals surface area contributed by atoms with Gasteiger partial charge in [0.05, 0.1) is 7.11 Å². The van der Waals surface area contributed by atoms with E-state index >= 15 is 0 Å². The Morgan fingerprint density at radius 2 is 1.85 bits per heavy atom. The third-order valence-electron chi connectivity index (χ3n) is 4.66. The first-order valence-corrected chi connectivity index (χ1v) is 8.77. The van der Waals surface area contributed by atoms with Gasteiger partial charge in [0.2, 0.25) is 0 Å². The molecular formula is C20H23N3O3. The number of anilines is 1. The Hall–Kier alpha value is -2.89. The highest BCUT2D eigenvalue weighted by Crippen LogP contribution is 2.19. The summed E-state index contributed by atoms with van der Waals surface area (Å²) in [4.78, 5) is 31.1. The van der Waals surface area contributed by atoms with E-state index in [4.69, 9.17) is 4.74 Å². The molecule has 0 spiro atoms. The van der Waals surface area contributed by atoms with Gasteiger partial charge in [-0.2, -0.15) is 0 Å². The van der Waals surface area contributed by atoms with E-state index in [1.165, 1.54) is 6.20 Å². The molecule has 136 valence electrons. The molecule has 6 heteroatoms. The number of carbonyl (C=O) groups is 2. The Labute approximate surface area is 153 Å². The number of likely N-dealkylation sites (tertiary alicyclic amines) is 1. The summed E-state index contributed by atoms with van der Waals surface area (Å²) < 4.78 is 5.10. The first kappa shape index (κ1) is 17.9. The second kappa shape index (κ2) is 7.99. The topological polar surface area (TPSA) is 71.5 Å². The number of aromatic nitrogens is 1. The van der Waals surface area contributed by atoms with Crippen molar-refractivity contribution in [1.29, 1.82) is 0 Å². The molecule has 3 rings (SSSR count). The van der Waals surface area contributed by atoms with E-state index in [0.29, 0.717) is 22.9 Å². The van der Waals surface area contributed by atoms with Gasteiger partial charge in [0.1, 0.15) is 11.4 Å². The summed E-state index contributed by atoms with van der Waals surface area (Å²) in [6.07, 6.45) is 3.51. The van der Waals surface area contributed by atoms with E-state index in [2.05, 4.69) is 17.2 Å². The molecule has 0 bridgehead atoms. The zero-order chi connectivity index (χ0) is 18.5. The van der Waals surface area contributed by atoms with Crippen molar-refractivity contribution in [2.45, 2.75) is 19.8 Å². The van der Waals surface area contributed by atoms with Crippen LogP contribution in [0.3, 0.4) is 0 Å². The molecule has 0 saturated carbocycles. The van der Waals surface area contributed by atoms with Crippen LogP contribution < -0.4 is 10.1 Å². The zero-order valence-corrected chi connectivity index (χ0v) is 15.1. The fourth-order valence-corrected chi connectivity index (χ4v) is 2.94. The van der Waals surface area contributed by atoms with Gasteiger partial charge in [-0.15, -0.1) is 0 Å². The number of carbonyl (C=O) groups excluding carboxylic acids is 2. The van der Waals surface area contributed by atoms with Crippen molar-refractivity contribution in [3.63, 3.8) is 0 Å². The highest BCUT2D eigenvalue weighted by atomic mass is 16.5. The van der Waals surface area contributed by atoms with E-state index in [9.17, 15) is 9.59 Å². The van der Waals surface area contributed by atoms with Crippen molar-refractivity contribution < 1.29 is 14.3 Å². The van der Waals surface area contributed by atoms with E-state index in [0.717, 1.165) is 31.7 Å². The minimum absolute atomic E-state index is 0.115. The Kier molecular flexibility index (Phi) is 5.51. The molecule has 26 heavy (non-hydrogen) atoms. The van der Waals surface area contributed by atoms with Crippen LogP contribution in [0.1, 0.15) is 40.6 Å². The van der Waals surface area contributed by atoms with Crippen molar-refractivity contribution in [2.24, 2.45) is 5.92 Å². The van der Waals surface area contributed by atoms with Gasteiger partial charge in [0.25, 0.3) is 11.8 Å². The second-order valence-electron chi connectivity index (χ2n) is 6.59. The average Bonchev–Trinajstić information content (AvgIpc) is 2.68. The molecule has 2 aromatic rings. The molecule has 1 aliphatic heterocycles. The number of amides is 2. The number of pyridine rings is 1. The Balaban J connectivity index is 1.69. The number of rotatable bonds is 4. The number of piperidine rings is 1. The van der Waals surface area contributed by atoms with Gasteiger partial charge in [-0.25, -0.2) is 0 Å². The van der Waals surface area contributed by atoms with Gasteiger partial charge in [-0.3, -0.25) is 14.6 Å². The summed E-state index contributed by atoms with van der Waals surface area (Å²) in [5.41, 5.74) is 1.37. The Bertz CT molecular complexity index is 781. The van der Waals surface area contributed by atoms with Crippen LogP contribution in [-0.4, -0.2) is 41.9 Å². The number of hydrogen-bond acceptors (Lipinski definition) is 4. The fourth-order valence-electron chi connectivity index (χ4n) is 2.94. The highest BCUT2D eigenvalue weighted by Gasteiger charge is 2.23. The molecular weight excluding hydrogens is 330 g/mol. The van der Waals surface area contributed by atoms with Gasteiger partial charge in [0, 0.05) is 30.5 Å². The summed E-state index contributed by atoms with van der Waals surface area (Å²) in [6, 6.07) is 10.2. The number of nitrogens with zero attached hydrogens (tertiary/aromatic N) is 2. The van der Waals surface area contributed by atoms with Gasteiger partial charge in [-0.05, 0) is 55.2 Å². The zero-order valence-electron chi connectivity index (χ0n) is 15.1. The number of benzene rings is 1. The van der Waals surface area contributed by atoms with Crippen LogP contribution >= 0.6 is 0 Å². The standard InChI is InChI=1S/C20H23N3O3/c1-14-8-11-23(12-9-14)20(25)18-13-15(7-10-21-18)19(24)22-16-3-5-17(26-2)6-4-16/h3-7,10,13-14H,8-9,11-12H2,1-2H3,(H,22,24). The van der Waals surface area contributed by atoms with Gasteiger partial charge in [-0.1, -0.05) is 6.92 Å². The first-order chi connectivity index (χ1) is 12.6.